The van der Waals surface area contributed by atoms with E-state index in [0.29, 0.717) is 10.7 Å². The Morgan fingerprint density at radius 1 is 1.62 bits per heavy atom. The van der Waals surface area contributed by atoms with Gasteiger partial charge in [0.05, 0.1) is 5.92 Å². The number of rotatable bonds is 2. The predicted octanol–water partition coefficient (Wildman–Crippen LogP) is 2.23. The summed E-state index contributed by atoms with van der Waals surface area (Å²) in [7, 11) is 0. The third-order valence-corrected chi connectivity index (χ3v) is 2.01. The smallest absolute Gasteiger partial charge is 0.310 e. The number of hydrogen-bond donors (Lipinski definition) is 1. The van der Waals surface area contributed by atoms with E-state index in [1.165, 1.54) is 0 Å². The fourth-order valence-electron chi connectivity index (χ4n) is 1.05. The molecule has 13 heavy (non-hydrogen) atoms. The first kappa shape index (κ1) is 9.99. The van der Waals surface area contributed by atoms with Crippen molar-refractivity contribution >= 4 is 17.6 Å². The molecule has 0 fully saturated rings. The molecule has 1 rings (SSSR count). The fourth-order valence-corrected chi connectivity index (χ4v) is 1.31. The Balaban J connectivity index is 3.07. The monoisotopic (exact) mass is 199 g/mol. The van der Waals surface area contributed by atoms with Crippen LogP contribution in [0.5, 0.6) is 0 Å². The summed E-state index contributed by atoms with van der Waals surface area (Å²) in [5.41, 5.74) is 1.42. The van der Waals surface area contributed by atoms with Crippen LogP contribution in [0.1, 0.15) is 24.1 Å². The lowest BCUT2D eigenvalue weighted by Gasteiger charge is -2.07. The molecule has 1 unspecified atom stereocenters. The minimum Gasteiger partial charge on any atom is -0.481 e. The number of pyridine rings is 1. The zero-order chi connectivity index (χ0) is 10.0. The molecule has 1 N–H and O–H groups in total. The zero-order valence-electron chi connectivity index (χ0n) is 7.41. The highest BCUT2D eigenvalue weighted by Crippen LogP contribution is 2.19. The average molecular weight is 200 g/mol. The minimum atomic E-state index is -0.860. The Labute approximate surface area is 81.4 Å². The normalized spacial score (nSPS) is 12.5. The number of aliphatic carboxylic acids is 1. The van der Waals surface area contributed by atoms with E-state index in [0.717, 1.165) is 5.69 Å². The first-order valence-corrected chi connectivity index (χ1v) is 4.25. The molecule has 0 spiro atoms. The molecule has 3 nitrogen and oxygen atoms in total. The first-order valence-electron chi connectivity index (χ1n) is 3.87. The largest absolute Gasteiger partial charge is 0.481 e. The second-order valence-electron chi connectivity index (χ2n) is 2.92. The lowest BCUT2D eigenvalue weighted by Crippen LogP contribution is -2.07. The van der Waals surface area contributed by atoms with Crippen LogP contribution in [0.4, 0.5) is 0 Å². The second kappa shape index (κ2) is 3.75. The maximum atomic E-state index is 10.7. The molecule has 0 saturated carbocycles. The van der Waals surface area contributed by atoms with Crippen molar-refractivity contribution in [1.29, 1.82) is 0 Å². The van der Waals surface area contributed by atoms with E-state index in [1.807, 2.05) is 0 Å². The van der Waals surface area contributed by atoms with Gasteiger partial charge in [0.15, 0.2) is 0 Å². The van der Waals surface area contributed by atoms with Gasteiger partial charge >= 0.3 is 5.97 Å². The Morgan fingerprint density at radius 2 is 2.23 bits per heavy atom. The van der Waals surface area contributed by atoms with E-state index in [9.17, 15) is 4.79 Å². The van der Waals surface area contributed by atoms with Gasteiger partial charge in [-0.25, -0.2) is 4.98 Å². The molecule has 0 aliphatic heterocycles. The highest BCUT2D eigenvalue weighted by Gasteiger charge is 2.14. The van der Waals surface area contributed by atoms with Crippen molar-refractivity contribution in [3.8, 4) is 0 Å². The van der Waals surface area contributed by atoms with E-state index in [4.69, 9.17) is 16.7 Å². The van der Waals surface area contributed by atoms with Crippen LogP contribution >= 0.6 is 11.6 Å². The Kier molecular flexibility index (Phi) is 2.88. The lowest BCUT2D eigenvalue weighted by molar-refractivity contribution is -0.138. The van der Waals surface area contributed by atoms with Gasteiger partial charge < -0.3 is 5.11 Å². The van der Waals surface area contributed by atoms with E-state index >= 15 is 0 Å². The molecule has 1 atom stereocenters. The topological polar surface area (TPSA) is 50.2 Å². The summed E-state index contributed by atoms with van der Waals surface area (Å²) < 4.78 is 0. The SMILES string of the molecule is Cc1cc(C(C)C(=O)O)cc(Cl)n1. The highest BCUT2D eigenvalue weighted by molar-refractivity contribution is 6.29. The van der Waals surface area contributed by atoms with Gasteiger partial charge in [0.2, 0.25) is 0 Å². The summed E-state index contributed by atoms with van der Waals surface area (Å²) in [5, 5.41) is 9.09. The molecular weight excluding hydrogens is 190 g/mol. The molecule has 0 saturated heterocycles. The van der Waals surface area contributed by atoms with Crippen molar-refractivity contribution in [2.45, 2.75) is 19.8 Å². The molecule has 1 aromatic heterocycles. The van der Waals surface area contributed by atoms with Crippen molar-refractivity contribution in [2.75, 3.05) is 0 Å². The molecular formula is C9H10ClNO2. The van der Waals surface area contributed by atoms with Crippen molar-refractivity contribution in [3.05, 3.63) is 28.5 Å². The van der Waals surface area contributed by atoms with Crippen molar-refractivity contribution in [2.24, 2.45) is 0 Å². The van der Waals surface area contributed by atoms with Gasteiger partial charge in [-0.15, -0.1) is 0 Å². The highest BCUT2D eigenvalue weighted by atomic mass is 35.5. The predicted molar refractivity (Wildman–Crippen MR) is 50.0 cm³/mol. The van der Waals surface area contributed by atoms with Gasteiger partial charge in [0.25, 0.3) is 0 Å². The van der Waals surface area contributed by atoms with Crippen LogP contribution in [0, 0.1) is 6.92 Å². The number of carboxylic acids is 1. The molecule has 1 aromatic rings. The van der Waals surface area contributed by atoms with Gasteiger partial charge in [0.1, 0.15) is 5.15 Å². The van der Waals surface area contributed by atoms with Crippen LogP contribution in [0.3, 0.4) is 0 Å². The number of carboxylic acid groups (broad SMARTS) is 1. The molecule has 0 aromatic carbocycles. The molecule has 0 aliphatic rings. The summed E-state index contributed by atoms with van der Waals surface area (Å²) in [4.78, 5) is 14.6. The molecule has 70 valence electrons. The summed E-state index contributed by atoms with van der Waals surface area (Å²) >= 11 is 5.69. The number of nitrogens with zero attached hydrogens (tertiary/aromatic N) is 1. The van der Waals surface area contributed by atoms with Crippen LogP contribution in [-0.4, -0.2) is 16.1 Å². The Bertz CT molecular complexity index is 318. The average Bonchev–Trinajstić information content (AvgIpc) is 2.01. The third-order valence-electron chi connectivity index (χ3n) is 1.81. The van der Waals surface area contributed by atoms with E-state index in [2.05, 4.69) is 4.98 Å². The van der Waals surface area contributed by atoms with Crippen molar-refractivity contribution in [3.63, 3.8) is 0 Å². The van der Waals surface area contributed by atoms with Gasteiger partial charge in [-0.05, 0) is 31.5 Å². The minimum absolute atomic E-state index is 0.336. The second-order valence-corrected chi connectivity index (χ2v) is 3.31. The quantitative estimate of drug-likeness (QED) is 0.744. The van der Waals surface area contributed by atoms with Gasteiger partial charge in [-0.3, -0.25) is 4.79 Å². The van der Waals surface area contributed by atoms with Crippen LogP contribution in [0.25, 0.3) is 0 Å². The lowest BCUT2D eigenvalue weighted by atomic mass is 10.0. The number of halogens is 1. The van der Waals surface area contributed by atoms with Crippen LogP contribution in [-0.2, 0) is 4.79 Å². The third kappa shape index (κ3) is 2.42. The fraction of sp³-hybridized carbons (Fsp3) is 0.333. The Morgan fingerprint density at radius 3 is 2.69 bits per heavy atom. The number of aromatic nitrogens is 1. The summed E-state index contributed by atoms with van der Waals surface area (Å²) in [6, 6.07) is 3.30. The van der Waals surface area contributed by atoms with Crippen LogP contribution in [0.15, 0.2) is 12.1 Å². The molecule has 0 amide bonds. The van der Waals surface area contributed by atoms with Gasteiger partial charge in [-0.2, -0.15) is 0 Å². The Hall–Kier alpha value is -1.09. The number of aryl methyl sites for hydroxylation is 1. The van der Waals surface area contributed by atoms with E-state index in [1.54, 1.807) is 26.0 Å². The van der Waals surface area contributed by atoms with Crippen molar-refractivity contribution < 1.29 is 9.90 Å². The van der Waals surface area contributed by atoms with Gasteiger partial charge in [0, 0.05) is 5.69 Å². The van der Waals surface area contributed by atoms with Crippen LogP contribution in [0.2, 0.25) is 5.15 Å². The summed E-state index contributed by atoms with van der Waals surface area (Å²) in [5.74, 6) is -1.40. The maximum absolute atomic E-state index is 10.7. The van der Waals surface area contributed by atoms with Crippen LogP contribution < -0.4 is 0 Å². The molecule has 1 heterocycles. The van der Waals surface area contributed by atoms with E-state index in [-0.39, 0.29) is 0 Å². The molecule has 4 heteroatoms. The number of carbonyl (C=O) groups is 1. The maximum Gasteiger partial charge on any atom is 0.310 e. The van der Waals surface area contributed by atoms with Crippen molar-refractivity contribution in [1.82, 2.24) is 4.98 Å². The van der Waals surface area contributed by atoms with E-state index < -0.39 is 11.9 Å². The molecule has 0 radical (unpaired) electrons. The zero-order valence-corrected chi connectivity index (χ0v) is 8.17. The molecule has 0 aliphatic carbocycles. The summed E-state index contributed by atoms with van der Waals surface area (Å²) in [6.07, 6.45) is 0. The first-order chi connectivity index (χ1) is 6.00. The standard InChI is InChI=1S/C9H10ClNO2/c1-5-3-7(4-8(10)11-5)6(2)9(12)13/h3-4,6H,1-2H3,(H,12,13). The molecule has 0 bridgehead atoms. The number of hydrogen-bond acceptors (Lipinski definition) is 2. The van der Waals surface area contributed by atoms with Gasteiger partial charge in [-0.1, -0.05) is 11.6 Å². The summed E-state index contributed by atoms with van der Waals surface area (Å²) in [6.45, 7) is 3.40.